The van der Waals surface area contributed by atoms with Crippen molar-refractivity contribution in [2.45, 2.75) is 38.5 Å². The van der Waals surface area contributed by atoms with E-state index in [2.05, 4.69) is 36.4 Å². The Morgan fingerprint density at radius 1 is 1.18 bits per heavy atom. The molecule has 0 bridgehead atoms. The average molecular weight is 392 g/mol. The first-order chi connectivity index (χ1) is 13.7. The maximum absolute atomic E-state index is 13.1. The summed E-state index contributed by atoms with van der Waals surface area (Å²) in [5, 5.41) is 0.966. The minimum absolute atomic E-state index is 0.0822. The maximum atomic E-state index is 13.1. The number of hydrogen-bond acceptors (Lipinski definition) is 4. The van der Waals surface area contributed by atoms with Crippen molar-refractivity contribution in [2.75, 3.05) is 18.8 Å². The summed E-state index contributed by atoms with van der Waals surface area (Å²) < 4.78 is 0. The monoisotopic (exact) mass is 391 g/mol. The smallest absolute Gasteiger partial charge is 0.266 e. The number of nitrogen functional groups attached to an aromatic ring is 1. The molecule has 5 rings (SSSR count). The zero-order chi connectivity index (χ0) is 19.1. The number of fused-ring (bicyclic) bond motifs is 2. The van der Waals surface area contributed by atoms with Crippen LogP contribution in [0, 0.1) is 5.92 Å². The Balaban J connectivity index is 1.30. The van der Waals surface area contributed by atoms with Gasteiger partial charge >= 0.3 is 0 Å². The van der Waals surface area contributed by atoms with Gasteiger partial charge in [-0.15, -0.1) is 11.3 Å². The van der Waals surface area contributed by atoms with Crippen molar-refractivity contribution in [3.8, 4) is 0 Å². The second kappa shape index (κ2) is 7.21. The molecule has 2 aromatic heterocycles. The SMILES string of the molecule is Nc1c(C(=O)N2CCC(Cc3ccccc3)CC2)sc2nc3c(cc12)CCC3. The van der Waals surface area contributed by atoms with Crippen molar-refractivity contribution >= 4 is 33.1 Å². The Kier molecular flexibility index (Phi) is 4.55. The van der Waals surface area contributed by atoms with E-state index in [0.717, 1.165) is 55.4 Å². The number of aromatic nitrogens is 1. The number of nitrogens with zero attached hydrogens (tertiary/aromatic N) is 2. The number of benzene rings is 1. The number of pyridine rings is 1. The molecule has 144 valence electrons. The Bertz CT molecular complexity index is 1020. The molecule has 1 fully saturated rings. The summed E-state index contributed by atoms with van der Waals surface area (Å²) >= 11 is 1.47. The molecular formula is C23H25N3OS. The fraction of sp³-hybridized carbons (Fsp3) is 0.391. The first-order valence-electron chi connectivity index (χ1n) is 10.2. The summed E-state index contributed by atoms with van der Waals surface area (Å²) in [6.07, 6.45) is 6.50. The number of piperidine rings is 1. The van der Waals surface area contributed by atoms with E-state index < -0.39 is 0 Å². The molecular weight excluding hydrogens is 366 g/mol. The van der Waals surface area contributed by atoms with E-state index in [9.17, 15) is 4.79 Å². The van der Waals surface area contributed by atoms with Crippen molar-refractivity contribution in [3.05, 3.63) is 58.1 Å². The predicted molar refractivity (Wildman–Crippen MR) is 115 cm³/mol. The van der Waals surface area contributed by atoms with Gasteiger partial charge in [0.1, 0.15) is 9.71 Å². The summed E-state index contributed by atoms with van der Waals surface area (Å²) in [5.41, 5.74) is 10.9. The number of amides is 1. The summed E-state index contributed by atoms with van der Waals surface area (Å²) in [6, 6.07) is 12.8. The molecule has 0 spiro atoms. The van der Waals surface area contributed by atoms with Crippen LogP contribution in [0.5, 0.6) is 0 Å². The highest BCUT2D eigenvalue weighted by molar-refractivity contribution is 7.21. The number of thiophene rings is 1. The van der Waals surface area contributed by atoms with Gasteiger partial charge in [-0.25, -0.2) is 4.98 Å². The molecule has 0 saturated carbocycles. The van der Waals surface area contributed by atoms with Crippen LogP contribution in [0.1, 0.15) is 45.8 Å². The third-order valence-corrected chi connectivity index (χ3v) is 7.32. The van der Waals surface area contributed by atoms with Gasteiger partial charge in [-0.05, 0) is 61.6 Å². The largest absolute Gasteiger partial charge is 0.397 e. The minimum atomic E-state index is 0.0822. The quantitative estimate of drug-likeness (QED) is 0.717. The van der Waals surface area contributed by atoms with Crippen LogP contribution in [0.15, 0.2) is 36.4 Å². The molecule has 2 N–H and O–H groups in total. The molecule has 0 radical (unpaired) electrons. The molecule has 0 atom stereocenters. The zero-order valence-corrected chi connectivity index (χ0v) is 16.8. The van der Waals surface area contributed by atoms with Crippen LogP contribution in [0.4, 0.5) is 5.69 Å². The molecule has 0 unspecified atom stereocenters. The van der Waals surface area contributed by atoms with Gasteiger partial charge in [0.05, 0.1) is 5.69 Å². The fourth-order valence-corrected chi connectivity index (χ4v) is 5.65. The van der Waals surface area contributed by atoms with Crippen LogP contribution in [-0.2, 0) is 19.3 Å². The lowest BCUT2D eigenvalue weighted by atomic mass is 9.90. The third-order valence-electron chi connectivity index (χ3n) is 6.21. The number of nitrogens with two attached hydrogens (primary N) is 1. The van der Waals surface area contributed by atoms with Crippen molar-refractivity contribution in [1.82, 2.24) is 9.88 Å². The molecule has 1 amide bonds. The van der Waals surface area contributed by atoms with Crippen molar-refractivity contribution in [3.63, 3.8) is 0 Å². The average Bonchev–Trinajstić information content (AvgIpc) is 3.31. The van der Waals surface area contributed by atoms with E-state index in [4.69, 9.17) is 10.7 Å². The third kappa shape index (κ3) is 3.18. The van der Waals surface area contributed by atoms with E-state index in [1.165, 1.54) is 34.6 Å². The van der Waals surface area contributed by atoms with Gasteiger partial charge in [0.15, 0.2) is 0 Å². The summed E-state index contributed by atoms with van der Waals surface area (Å²) in [4.78, 5) is 21.5. The van der Waals surface area contributed by atoms with Crippen LogP contribution in [0.25, 0.3) is 10.2 Å². The van der Waals surface area contributed by atoms with Crippen LogP contribution in [-0.4, -0.2) is 28.9 Å². The molecule has 2 aliphatic rings. The van der Waals surface area contributed by atoms with E-state index in [-0.39, 0.29) is 5.91 Å². The van der Waals surface area contributed by atoms with Gasteiger partial charge < -0.3 is 10.6 Å². The normalized spacial score (nSPS) is 17.2. The van der Waals surface area contributed by atoms with Gasteiger partial charge in [-0.1, -0.05) is 30.3 Å². The first-order valence-corrected chi connectivity index (χ1v) is 11.0. The number of anilines is 1. The lowest BCUT2D eigenvalue weighted by Crippen LogP contribution is -2.38. The van der Waals surface area contributed by atoms with Gasteiger partial charge in [-0.3, -0.25) is 4.79 Å². The maximum Gasteiger partial charge on any atom is 0.266 e. The van der Waals surface area contributed by atoms with Gasteiger partial charge in [-0.2, -0.15) is 0 Å². The number of rotatable bonds is 3. The molecule has 28 heavy (non-hydrogen) atoms. The number of likely N-dealkylation sites (tertiary alicyclic amines) is 1. The van der Waals surface area contributed by atoms with Crippen LogP contribution < -0.4 is 5.73 Å². The Labute approximate surface area is 169 Å². The second-order valence-electron chi connectivity index (χ2n) is 8.07. The molecule has 1 aliphatic heterocycles. The summed E-state index contributed by atoms with van der Waals surface area (Å²) in [5.74, 6) is 0.731. The molecule has 1 saturated heterocycles. The summed E-state index contributed by atoms with van der Waals surface area (Å²) in [6.45, 7) is 1.63. The molecule has 5 heteroatoms. The number of aryl methyl sites for hydroxylation is 2. The van der Waals surface area contributed by atoms with Gasteiger partial charge in [0, 0.05) is 24.2 Å². The molecule has 3 aromatic rings. The first kappa shape index (κ1) is 17.7. The second-order valence-corrected chi connectivity index (χ2v) is 9.07. The number of hydrogen-bond donors (Lipinski definition) is 1. The van der Waals surface area contributed by atoms with E-state index in [1.54, 1.807) is 0 Å². The minimum Gasteiger partial charge on any atom is -0.397 e. The zero-order valence-electron chi connectivity index (χ0n) is 16.0. The molecule has 1 aliphatic carbocycles. The molecule has 4 nitrogen and oxygen atoms in total. The highest BCUT2D eigenvalue weighted by atomic mass is 32.1. The van der Waals surface area contributed by atoms with E-state index in [1.807, 2.05) is 4.90 Å². The van der Waals surface area contributed by atoms with Crippen molar-refractivity contribution < 1.29 is 4.79 Å². The Hall–Kier alpha value is -2.40. The standard InChI is InChI=1S/C23H25N3OS/c24-20-18-14-17-7-4-8-19(17)25-22(18)28-21(20)23(27)26-11-9-16(10-12-26)13-15-5-2-1-3-6-15/h1-3,5-6,14,16H,4,7-13,24H2. The van der Waals surface area contributed by atoms with E-state index >= 15 is 0 Å². The van der Waals surface area contributed by atoms with Gasteiger partial charge in [0.25, 0.3) is 5.91 Å². The number of carbonyl (C=O) groups is 1. The highest BCUT2D eigenvalue weighted by Crippen LogP contribution is 2.37. The van der Waals surface area contributed by atoms with Crippen LogP contribution in [0.2, 0.25) is 0 Å². The van der Waals surface area contributed by atoms with Crippen molar-refractivity contribution in [2.24, 2.45) is 5.92 Å². The molecule has 3 heterocycles. The highest BCUT2D eigenvalue weighted by Gasteiger charge is 2.28. The summed E-state index contributed by atoms with van der Waals surface area (Å²) in [7, 11) is 0. The predicted octanol–water partition coefficient (Wildman–Crippen LogP) is 4.46. The fourth-order valence-electron chi connectivity index (χ4n) is 4.59. The molecule has 1 aromatic carbocycles. The number of carbonyl (C=O) groups excluding carboxylic acids is 1. The van der Waals surface area contributed by atoms with E-state index in [0.29, 0.717) is 16.5 Å². The lowest BCUT2D eigenvalue weighted by molar-refractivity contribution is 0.0696. The Morgan fingerprint density at radius 2 is 1.96 bits per heavy atom. The Morgan fingerprint density at radius 3 is 2.75 bits per heavy atom. The van der Waals surface area contributed by atoms with Crippen LogP contribution >= 0.6 is 11.3 Å². The van der Waals surface area contributed by atoms with Crippen LogP contribution in [0.3, 0.4) is 0 Å². The van der Waals surface area contributed by atoms with Gasteiger partial charge in [0.2, 0.25) is 0 Å². The topological polar surface area (TPSA) is 59.2 Å². The lowest BCUT2D eigenvalue weighted by Gasteiger charge is -2.32. The van der Waals surface area contributed by atoms with Crippen molar-refractivity contribution in [1.29, 1.82) is 0 Å².